The average Bonchev–Trinajstić information content (AvgIpc) is 2.61. The van der Waals surface area contributed by atoms with Crippen LogP contribution in [-0.2, 0) is 4.74 Å². The predicted octanol–water partition coefficient (Wildman–Crippen LogP) is 2.53. The normalized spacial score (nSPS) is 21.9. The molecule has 2 aliphatic rings. The van der Waals surface area contributed by atoms with Crippen molar-refractivity contribution in [1.29, 1.82) is 0 Å². The van der Waals surface area contributed by atoms with Gasteiger partial charge in [0.25, 0.3) is 5.91 Å². The number of nitrogens with zero attached hydrogens (tertiary/aromatic N) is 2. The quantitative estimate of drug-likeness (QED) is 0.930. The number of fused-ring (bicyclic) bond motifs is 1. The molecule has 0 bridgehead atoms. The second-order valence-electron chi connectivity index (χ2n) is 7.08. The Bertz CT molecular complexity index is 771. The van der Waals surface area contributed by atoms with Crippen molar-refractivity contribution in [2.75, 3.05) is 26.3 Å². The van der Waals surface area contributed by atoms with Crippen molar-refractivity contribution in [1.82, 2.24) is 15.2 Å². The van der Waals surface area contributed by atoms with Gasteiger partial charge in [0.15, 0.2) is 0 Å². The molecular formula is C20H25N3O2. The zero-order valence-electron chi connectivity index (χ0n) is 14.7. The van der Waals surface area contributed by atoms with Crippen molar-refractivity contribution in [3.8, 4) is 0 Å². The van der Waals surface area contributed by atoms with Crippen LogP contribution in [-0.4, -0.2) is 54.2 Å². The Labute approximate surface area is 148 Å². The highest BCUT2D eigenvalue weighted by atomic mass is 16.5. The van der Waals surface area contributed by atoms with Gasteiger partial charge in [-0.15, -0.1) is 0 Å². The summed E-state index contributed by atoms with van der Waals surface area (Å²) in [6.45, 7) is 5.51. The summed E-state index contributed by atoms with van der Waals surface area (Å²) in [4.78, 5) is 19.7. The van der Waals surface area contributed by atoms with Crippen molar-refractivity contribution in [2.45, 2.75) is 38.3 Å². The fourth-order valence-electron chi connectivity index (χ4n) is 3.92. The highest BCUT2D eigenvalue weighted by molar-refractivity contribution is 5.96. The first-order valence-electron chi connectivity index (χ1n) is 9.20. The molecule has 4 rings (SSSR count). The Morgan fingerprint density at radius 1 is 1.28 bits per heavy atom. The molecule has 1 N–H and O–H groups in total. The van der Waals surface area contributed by atoms with Gasteiger partial charge < -0.3 is 10.1 Å². The number of rotatable bonds is 4. The molecule has 3 heterocycles. The van der Waals surface area contributed by atoms with Crippen LogP contribution >= 0.6 is 0 Å². The minimum absolute atomic E-state index is 0.0675. The summed E-state index contributed by atoms with van der Waals surface area (Å²) in [7, 11) is 0. The Balaban J connectivity index is 1.40. The Hall–Kier alpha value is -1.98. The molecule has 1 aromatic heterocycles. The lowest BCUT2D eigenvalue weighted by Gasteiger charge is -2.47. The van der Waals surface area contributed by atoms with E-state index in [2.05, 4.69) is 15.2 Å². The summed E-state index contributed by atoms with van der Waals surface area (Å²) in [6.07, 6.45) is 3.37. The molecule has 2 aliphatic heterocycles. The van der Waals surface area contributed by atoms with E-state index >= 15 is 0 Å². The summed E-state index contributed by atoms with van der Waals surface area (Å²) in [5, 5.41) is 4.17. The Kier molecular flexibility index (Phi) is 4.68. The lowest BCUT2D eigenvalue weighted by molar-refractivity contribution is -0.0222. The van der Waals surface area contributed by atoms with Gasteiger partial charge in [-0.05, 0) is 43.9 Å². The van der Waals surface area contributed by atoms with Crippen LogP contribution in [0.4, 0.5) is 0 Å². The van der Waals surface area contributed by atoms with E-state index in [1.165, 1.54) is 0 Å². The third-order valence-electron chi connectivity index (χ3n) is 5.48. The van der Waals surface area contributed by atoms with Crippen LogP contribution < -0.4 is 5.32 Å². The summed E-state index contributed by atoms with van der Waals surface area (Å²) >= 11 is 0. The van der Waals surface area contributed by atoms with Gasteiger partial charge >= 0.3 is 0 Å². The molecule has 2 aromatic rings. The van der Waals surface area contributed by atoms with Gasteiger partial charge in [0.05, 0.1) is 5.52 Å². The number of aromatic nitrogens is 1. The number of hydrogen-bond donors (Lipinski definition) is 1. The summed E-state index contributed by atoms with van der Waals surface area (Å²) in [5.41, 5.74) is 2.33. The van der Waals surface area contributed by atoms with E-state index in [-0.39, 0.29) is 5.91 Å². The van der Waals surface area contributed by atoms with Gasteiger partial charge in [0.1, 0.15) is 5.69 Å². The molecule has 2 fully saturated rings. The molecule has 5 heteroatoms. The molecule has 25 heavy (non-hydrogen) atoms. The van der Waals surface area contributed by atoms with Crippen LogP contribution in [0.3, 0.4) is 0 Å². The van der Waals surface area contributed by atoms with Gasteiger partial charge in [-0.25, -0.2) is 4.98 Å². The first-order chi connectivity index (χ1) is 12.2. The number of pyridine rings is 1. The van der Waals surface area contributed by atoms with Crippen molar-refractivity contribution >= 4 is 16.8 Å². The number of para-hydroxylation sites is 1. The highest BCUT2D eigenvalue weighted by Gasteiger charge is 2.34. The number of benzene rings is 1. The SMILES string of the molecule is Cc1cc2ccccc2nc1C(=O)NCC1CCN1C1CCOCC1. The van der Waals surface area contributed by atoms with Crippen molar-refractivity contribution in [3.05, 3.63) is 41.6 Å². The predicted molar refractivity (Wildman–Crippen MR) is 97.8 cm³/mol. The molecule has 0 radical (unpaired) electrons. The standard InChI is InChI=1S/C20H25N3O2/c1-14-12-15-4-2-3-5-18(15)22-19(14)20(24)21-13-17-6-9-23(17)16-7-10-25-11-8-16/h2-5,12,16-17H,6-11,13H2,1H3,(H,21,24). The smallest absolute Gasteiger partial charge is 0.270 e. The zero-order valence-corrected chi connectivity index (χ0v) is 14.7. The van der Waals surface area contributed by atoms with Gasteiger partial charge in [0.2, 0.25) is 0 Å². The third-order valence-corrected chi connectivity index (χ3v) is 5.48. The van der Waals surface area contributed by atoms with Crippen LogP contribution in [0.1, 0.15) is 35.3 Å². The van der Waals surface area contributed by atoms with E-state index in [0.29, 0.717) is 24.3 Å². The van der Waals surface area contributed by atoms with E-state index < -0.39 is 0 Å². The van der Waals surface area contributed by atoms with Gasteiger partial charge in [0, 0.05) is 43.8 Å². The minimum atomic E-state index is -0.0675. The topological polar surface area (TPSA) is 54.5 Å². The van der Waals surface area contributed by atoms with Gasteiger partial charge in [-0.2, -0.15) is 0 Å². The maximum Gasteiger partial charge on any atom is 0.270 e. The Morgan fingerprint density at radius 2 is 2.08 bits per heavy atom. The molecular weight excluding hydrogens is 314 g/mol. The van der Waals surface area contributed by atoms with E-state index in [4.69, 9.17) is 4.74 Å². The average molecular weight is 339 g/mol. The number of carbonyl (C=O) groups is 1. The van der Waals surface area contributed by atoms with E-state index in [9.17, 15) is 4.79 Å². The fourth-order valence-corrected chi connectivity index (χ4v) is 3.92. The molecule has 0 saturated carbocycles. The van der Waals surface area contributed by atoms with E-state index in [0.717, 1.165) is 55.5 Å². The lowest BCUT2D eigenvalue weighted by Crippen LogP contribution is -2.58. The molecule has 1 unspecified atom stereocenters. The maximum atomic E-state index is 12.6. The monoisotopic (exact) mass is 339 g/mol. The molecule has 1 amide bonds. The van der Waals surface area contributed by atoms with Crippen molar-refractivity contribution < 1.29 is 9.53 Å². The summed E-state index contributed by atoms with van der Waals surface area (Å²) in [5.74, 6) is -0.0675. The first-order valence-corrected chi connectivity index (χ1v) is 9.20. The van der Waals surface area contributed by atoms with Crippen molar-refractivity contribution in [2.24, 2.45) is 0 Å². The molecule has 0 spiro atoms. The second-order valence-corrected chi connectivity index (χ2v) is 7.08. The second kappa shape index (κ2) is 7.10. The van der Waals surface area contributed by atoms with Crippen LogP contribution in [0.15, 0.2) is 30.3 Å². The first kappa shape index (κ1) is 16.5. The molecule has 1 atom stereocenters. The summed E-state index contributed by atoms with van der Waals surface area (Å²) in [6, 6.07) is 11.0. The van der Waals surface area contributed by atoms with Gasteiger partial charge in [-0.1, -0.05) is 18.2 Å². The third kappa shape index (κ3) is 3.39. The largest absolute Gasteiger partial charge is 0.381 e. The molecule has 5 nitrogen and oxygen atoms in total. The van der Waals surface area contributed by atoms with Crippen LogP contribution in [0, 0.1) is 6.92 Å². The zero-order chi connectivity index (χ0) is 17.2. The maximum absolute atomic E-state index is 12.6. The van der Waals surface area contributed by atoms with E-state index in [1.807, 2.05) is 37.3 Å². The molecule has 2 saturated heterocycles. The molecule has 0 aliphatic carbocycles. The number of likely N-dealkylation sites (tertiary alicyclic amines) is 1. The van der Waals surface area contributed by atoms with Crippen molar-refractivity contribution in [3.63, 3.8) is 0 Å². The fraction of sp³-hybridized carbons (Fsp3) is 0.500. The van der Waals surface area contributed by atoms with E-state index in [1.54, 1.807) is 0 Å². The molecule has 132 valence electrons. The number of hydrogen-bond acceptors (Lipinski definition) is 4. The Morgan fingerprint density at radius 3 is 2.84 bits per heavy atom. The number of nitrogens with one attached hydrogen (secondary N) is 1. The van der Waals surface area contributed by atoms with Gasteiger partial charge in [-0.3, -0.25) is 9.69 Å². The van der Waals surface area contributed by atoms with Crippen LogP contribution in [0.5, 0.6) is 0 Å². The van der Waals surface area contributed by atoms with Crippen LogP contribution in [0.2, 0.25) is 0 Å². The number of carbonyl (C=O) groups excluding carboxylic acids is 1. The molecule has 1 aromatic carbocycles. The highest BCUT2D eigenvalue weighted by Crippen LogP contribution is 2.25. The summed E-state index contributed by atoms with van der Waals surface area (Å²) < 4.78 is 5.45. The number of aryl methyl sites for hydroxylation is 1. The van der Waals surface area contributed by atoms with Crippen LogP contribution in [0.25, 0.3) is 10.9 Å². The minimum Gasteiger partial charge on any atom is -0.381 e. The lowest BCUT2D eigenvalue weighted by atomic mass is 9.95. The number of amides is 1. The number of ether oxygens (including phenoxy) is 1.